The highest BCUT2D eigenvalue weighted by atomic mass is 79.9. The van der Waals surface area contributed by atoms with Crippen molar-refractivity contribution in [1.29, 1.82) is 0 Å². The molecule has 0 aliphatic rings. The predicted molar refractivity (Wildman–Crippen MR) is 104 cm³/mol. The maximum absolute atomic E-state index is 11.2. The minimum atomic E-state index is -0.869. The summed E-state index contributed by atoms with van der Waals surface area (Å²) in [5.41, 5.74) is 0.852. The van der Waals surface area contributed by atoms with E-state index < -0.39 is 12.0 Å². The van der Waals surface area contributed by atoms with Gasteiger partial charge in [0.05, 0.1) is 5.02 Å². The average Bonchev–Trinajstić information content (AvgIpc) is 3.02. The second kappa shape index (κ2) is 8.01. The number of ether oxygens (including phenoxy) is 2. The second-order valence-electron chi connectivity index (χ2n) is 5.73. The molecule has 1 N–H and O–H groups in total. The molecule has 7 heteroatoms. The maximum Gasteiger partial charge on any atom is 0.326 e. The zero-order chi connectivity index (χ0) is 18.7. The fraction of sp³-hybridized carbons (Fsp3) is 0.211. The molecule has 0 aliphatic heterocycles. The summed E-state index contributed by atoms with van der Waals surface area (Å²) < 4.78 is 13.9. The molecule has 1 aromatic heterocycles. The lowest BCUT2D eigenvalue weighted by molar-refractivity contribution is -0.140. The quantitative estimate of drug-likeness (QED) is 0.518. The number of carboxylic acids is 1. The van der Waals surface area contributed by atoms with Gasteiger partial charge in [-0.05, 0) is 49.4 Å². The normalized spacial score (nSPS) is 12.1. The molecule has 0 aliphatic carbocycles. The Bertz CT molecular complexity index is 940. The topological polar surface area (TPSA) is 60.7 Å². The maximum atomic E-state index is 11.2. The largest absolute Gasteiger partial charge is 0.490 e. The van der Waals surface area contributed by atoms with E-state index in [0.717, 1.165) is 15.4 Å². The van der Waals surface area contributed by atoms with E-state index in [4.69, 9.17) is 26.2 Å². The van der Waals surface area contributed by atoms with Crippen molar-refractivity contribution in [2.75, 3.05) is 13.2 Å². The highest BCUT2D eigenvalue weighted by Crippen LogP contribution is 2.28. The molecular formula is C19H17BrClNO4. The van der Waals surface area contributed by atoms with Gasteiger partial charge in [-0.15, -0.1) is 0 Å². The van der Waals surface area contributed by atoms with Crippen molar-refractivity contribution in [3.63, 3.8) is 0 Å². The Balaban J connectivity index is 1.60. The number of fused-ring (bicyclic) bond motifs is 1. The van der Waals surface area contributed by atoms with Gasteiger partial charge in [0.15, 0.2) is 0 Å². The minimum Gasteiger partial charge on any atom is -0.490 e. The molecule has 26 heavy (non-hydrogen) atoms. The Morgan fingerprint density at radius 1 is 1.19 bits per heavy atom. The lowest BCUT2D eigenvalue weighted by Gasteiger charge is -2.12. The van der Waals surface area contributed by atoms with Crippen molar-refractivity contribution in [2.24, 2.45) is 0 Å². The van der Waals surface area contributed by atoms with Crippen LogP contribution in [0.15, 0.2) is 53.1 Å². The van der Waals surface area contributed by atoms with E-state index in [1.807, 2.05) is 30.3 Å². The molecule has 2 aromatic carbocycles. The summed E-state index contributed by atoms with van der Waals surface area (Å²) in [6, 6.07) is 12.2. The zero-order valence-corrected chi connectivity index (χ0v) is 16.3. The molecule has 1 heterocycles. The lowest BCUT2D eigenvalue weighted by atomic mass is 10.2. The SMILES string of the molecule is CC(C(=O)O)n1ccc2cc(OCCOc3ccc(Br)cc3Cl)ccc21. The minimum absolute atomic E-state index is 0.358. The smallest absolute Gasteiger partial charge is 0.326 e. The van der Waals surface area contributed by atoms with Crippen molar-refractivity contribution < 1.29 is 19.4 Å². The second-order valence-corrected chi connectivity index (χ2v) is 7.05. The molecule has 0 amide bonds. The number of hydrogen-bond acceptors (Lipinski definition) is 3. The Kier molecular flexibility index (Phi) is 5.74. The number of hydrogen-bond donors (Lipinski definition) is 1. The molecule has 0 bridgehead atoms. The summed E-state index contributed by atoms with van der Waals surface area (Å²) in [4.78, 5) is 11.2. The molecular weight excluding hydrogens is 422 g/mol. The third kappa shape index (κ3) is 4.14. The summed E-state index contributed by atoms with van der Waals surface area (Å²) in [5.74, 6) is 0.434. The van der Waals surface area contributed by atoms with Crippen LogP contribution in [0.2, 0.25) is 5.02 Å². The van der Waals surface area contributed by atoms with Crippen LogP contribution in [-0.4, -0.2) is 28.9 Å². The van der Waals surface area contributed by atoms with Gasteiger partial charge in [0.2, 0.25) is 0 Å². The third-order valence-corrected chi connectivity index (χ3v) is 4.76. The number of benzene rings is 2. The van der Waals surface area contributed by atoms with Crippen molar-refractivity contribution in [3.8, 4) is 11.5 Å². The lowest BCUT2D eigenvalue weighted by Crippen LogP contribution is -2.14. The van der Waals surface area contributed by atoms with Crippen LogP contribution >= 0.6 is 27.5 Å². The van der Waals surface area contributed by atoms with Gasteiger partial charge in [0.25, 0.3) is 0 Å². The van der Waals surface area contributed by atoms with Crippen LogP contribution in [0.25, 0.3) is 10.9 Å². The van der Waals surface area contributed by atoms with Crippen LogP contribution in [0, 0.1) is 0 Å². The van der Waals surface area contributed by atoms with E-state index in [2.05, 4.69) is 15.9 Å². The van der Waals surface area contributed by atoms with Crippen LogP contribution < -0.4 is 9.47 Å². The van der Waals surface area contributed by atoms with E-state index >= 15 is 0 Å². The van der Waals surface area contributed by atoms with Gasteiger partial charge in [-0.3, -0.25) is 0 Å². The molecule has 1 unspecified atom stereocenters. The van der Waals surface area contributed by atoms with Crippen LogP contribution in [-0.2, 0) is 4.79 Å². The number of aliphatic carboxylic acids is 1. The van der Waals surface area contributed by atoms with Gasteiger partial charge >= 0.3 is 5.97 Å². The van der Waals surface area contributed by atoms with Gasteiger partial charge in [0, 0.05) is 21.6 Å². The van der Waals surface area contributed by atoms with Gasteiger partial charge in [0.1, 0.15) is 30.8 Å². The number of carboxylic acid groups (broad SMARTS) is 1. The van der Waals surface area contributed by atoms with Gasteiger partial charge in [-0.2, -0.15) is 0 Å². The third-order valence-electron chi connectivity index (χ3n) is 3.97. The molecule has 5 nitrogen and oxygen atoms in total. The summed E-state index contributed by atoms with van der Waals surface area (Å²) in [7, 11) is 0. The molecule has 1 atom stereocenters. The van der Waals surface area contributed by atoms with Crippen LogP contribution in [0.1, 0.15) is 13.0 Å². The molecule has 3 aromatic rings. The van der Waals surface area contributed by atoms with Crippen LogP contribution in [0.5, 0.6) is 11.5 Å². The zero-order valence-electron chi connectivity index (χ0n) is 14.0. The number of nitrogens with zero attached hydrogens (tertiary/aromatic N) is 1. The molecule has 0 saturated carbocycles. The Morgan fingerprint density at radius 3 is 2.69 bits per heavy atom. The Labute approximate surface area is 164 Å². The summed E-state index contributed by atoms with van der Waals surface area (Å²) in [6.07, 6.45) is 1.77. The first kappa shape index (κ1) is 18.6. The van der Waals surface area contributed by atoms with E-state index in [1.165, 1.54) is 0 Å². The van der Waals surface area contributed by atoms with E-state index in [-0.39, 0.29) is 0 Å². The van der Waals surface area contributed by atoms with Gasteiger partial charge in [-0.1, -0.05) is 27.5 Å². The number of carbonyl (C=O) groups is 1. The highest BCUT2D eigenvalue weighted by Gasteiger charge is 2.15. The van der Waals surface area contributed by atoms with E-state index in [9.17, 15) is 4.79 Å². The first-order chi connectivity index (χ1) is 12.5. The Morgan fingerprint density at radius 2 is 1.96 bits per heavy atom. The predicted octanol–water partition coefficient (Wildman–Crippen LogP) is 5.16. The molecule has 0 saturated heterocycles. The van der Waals surface area contributed by atoms with Crippen LogP contribution in [0.3, 0.4) is 0 Å². The summed E-state index contributed by atoms with van der Waals surface area (Å²) >= 11 is 9.45. The molecule has 136 valence electrons. The number of aromatic nitrogens is 1. The molecule has 0 radical (unpaired) electrons. The average molecular weight is 439 g/mol. The van der Waals surface area contributed by atoms with E-state index in [1.54, 1.807) is 29.8 Å². The molecule has 0 fully saturated rings. The van der Waals surface area contributed by atoms with E-state index in [0.29, 0.717) is 29.7 Å². The van der Waals surface area contributed by atoms with Crippen molar-refractivity contribution in [2.45, 2.75) is 13.0 Å². The standard InChI is InChI=1S/C19H17BrClNO4/c1-12(19(23)24)22-7-6-13-10-15(3-4-17(13)22)25-8-9-26-18-5-2-14(20)11-16(18)21/h2-7,10-12H,8-9H2,1H3,(H,23,24). The highest BCUT2D eigenvalue weighted by molar-refractivity contribution is 9.10. The molecule has 0 spiro atoms. The fourth-order valence-electron chi connectivity index (χ4n) is 2.59. The van der Waals surface area contributed by atoms with Crippen molar-refractivity contribution >= 4 is 44.4 Å². The summed E-state index contributed by atoms with van der Waals surface area (Å²) in [5, 5.41) is 10.6. The van der Waals surface area contributed by atoms with Crippen LogP contribution in [0.4, 0.5) is 0 Å². The fourth-order valence-corrected chi connectivity index (χ4v) is 3.32. The number of rotatable bonds is 7. The summed E-state index contributed by atoms with van der Waals surface area (Å²) in [6.45, 7) is 2.37. The monoisotopic (exact) mass is 437 g/mol. The van der Waals surface area contributed by atoms with Crippen molar-refractivity contribution in [3.05, 3.63) is 58.2 Å². The first-order valence-corrected chi connectivity index (χ1v) is 9.17. The molecule has 3 rings (SSSR count). The Hall–Kier alpha value is -2.18. The van der Waals surface area contributed by atoms with Crippen molar-refractivity contribution in [1.82, 2.24) is 4.57 Å². The first-order valence-electron chi connectivity index (χ1n) is 8.00. The number of halogens is 2. The van der Waals surface area contributed by atoms with Gasteiger partial charge < -0.3 is 19.1 Å². The van der Waals surface area contributed by atoms with Gasteiger partial charge in [-0.25, -0.2) is 4.79 Å².